The minimum absolute atomic E-state index is 0.0180. The van der Waals surface area contributed by atoms with Gasteiger partial charge >= 0.3 is 5.51 Å². The standard InChI is InChI=1S/C10H7ClF3NOS/c1-16-5-2-3-7-6(4-5)8(9(11)15-7)17-10(12,13)14/h2-4,15H,1H3. The molecule has 0 amide bonds. The molecule has 1 N–H and O–H groups in total. The molecule has 0 unspecified atom stereocenters. The fourth-order valence-corrected chi connectivity index (χ4v) is 2.43. The zero-order chi connectivity index (χ0) is 12.6. The second-order valence-electron chi connectivity index (χ2n) is 3.23. The molecular formula is C10H7ClF3NOS. The number of halogens is 4. The lowest BCUT2D eigenvalue weighted by atomic mass is 10.2. The Morgan fingerprint density at radius 1 is 1.35 bits per heavy atom. The third-order valence-electron chi connectivity index (χ3n) is 2.13. The Labute approximate surface area is 104 Å². The molecule has 0 radical (unpaired) electrons. The molecule has 7 heteroatoms. The van der Waals surface area contributed by atoms with E-state index in [4.69, 9.17) is 16.3 Å². The van der Waals surface area contributed by atoms with Crippen molar-refractivity contribution >= 4 is 34.3 Å². The predicted octanol–water partition coefficient (Wildman–Crippen LogP) is 4.44. The van der Waals surface area contributed by atoms with Crippen LogP contribution in [0.4, 0.5) is 13.2 Å². The highest BCUT2D eigenvalue weighted by Crippen LogP contribution is 2.44. The lowest BCUT2D eigenvalue weighted by Gasteiger charge is -2.05. The van der Waals surface area contributed by atoms with Crippen LogP contribution in [0.3, 0.4) is 0 Å². The van der Waals surface area contributed by atoms with E-state index in [0.29, 0.717) is 16.7 Å². The molecule has 0 aliphatic heterocycles. The summed E-state index contributed by atoms with van der Waals surface area (Å²) in [5, 5.41) is 0.382. The smallest absolute Gasteiger partial charge is 0.446 e. The van der Waals surface area contributed by atoms with E-state index in [0.717, 1.165) is 0 Å². The molecule has 17 heavy (non-hydrogen) atoms. The van der Waals surface area contributed by atoms with Gasteiger partial charge in [-0.15, -0.1) is 0 Å². The highest BCUT2D eigenvalue weighted by molar-refractivity contribution is 8.00. The van der Waals surface area contributed by atoms with Crippen molar-refractivity contribution in [3.8, 4) is 5.75 Å². The summed E-state index contributed by atoms with van der Waals surface area (Å²) in [4.78, 5) is 2.66. The second kappa shape index (κ2) is 4.34. The molecule has 0 aliphatic carbocycles. The normalized spacial score (nSPS) is 12.1. The summed E-state index contributed by atoms with van der Waals surface area (Å²) in [6, 6.07) is 4.80. The maximum atomic E-state index is 12.4. The van der Waals surface area contributed by atoms with Crippen LogP contribution >= 0.6 is 23.4 Å². The second-order valence-corrected chi connectivity index (χ2v) is 4.68. The van der Waals surface area contributed by atoms with E-state index in [2.05, 4.69) is 4.98 Å². The molecule has 2 aromatic rings. The van der Waals surface area contributed by atoms with Crippen molar-refractivity contribution < 1.29 is 17.9 Å². The lowest BCUT2D eigenvalue weighted by Crippen LogP contribution is -1.98. The van der Waals surface area contributed by atoms with E-state index < -0.39 is 5.51 Å². The number of rotatable bonds is 2. The highest BCUT2D eigenvalue weighted by Gasteiger charge is 2.32. The van der Waals surface area contributed by atoms with E-state index in [-0.39, 0.29) is 21.8 Å². The Kier molecular flexibility index (Phi) is 3.18. The van der Waals surface area contributed by atoms with Crippen LogP contribution < -0.4 is 4.74 Å². The van der Waals surface area contributed by atoms with Gasteiger partial charge < -0.3 is 9.72 Å². The summed E-state index contributed by atoms with van der Waals surface area (Å²) in [6.07, 6.45) is 0. The maximum Gasteiger partial charge on any atom is 0.446 e. The maximum absolute atomic E-state index is 12.4. The van der Waals surface area contributed by atoms with E-state index in [1.807, 2.05) is 0 Å². The van der Waals surface area contributed by atoms with Crippen molar-refractivity contribution in [1.82, 2.24) is 4.98 Å². The van der Waals surface area contributed by atoms with Crippen molar-refractivity contribution in [1.29, 1.82) is 0 Å². The fourth-order valence-electron chi connectivity index (χ4n) is 1.46. The number of ether oxygens (including phenoxy) is 1. The van der Waals surface area contributed by atoms with Crippen molar-refractivity contribution in [3.63, 3.8) is 0 Å². The first kappa shape index (κ1) is 12.4. The van der Waals surface area contributed by atoms with Gasteiger partial charge in [-0.1, -0.05) is 11.6 Å². The molecule has 0 saturated heterocycles. The van der Waals surface area contributed by atoms with Crippen molar-refractivity contribution in [2.24, 2.45) is 0 Å². The molecule has 0 spiro atoms. The number of aromatic amines is 1. The molecule has 0 bridgehead atoms. The van der Waals surface area contributed by atoms with Crippen LogP contribution in [0.15, 0.2) is 23.1 Å². The molecule has 2 nitrogen and oxygen atoms in total. The number of hydrogen-bond donors (Lipinski definition) is 1. The number of aromatic nitrogens is 1. The van der Waals surface area contributed by atoms with Crippen LogP contribution in [0.1, 0.15) is 0 Å². The summed E-state index contributed by atoms with van der Waals surface area (Å²) in [5.41, 5.74) is -3.83. The summed E-state index contributed by atoms with van der Waals surface area (Å²) in [7, 11) is 1.45. The van der Waals surface area contributed by atoms with Crippen LogP contribution in [0, 0.1) is 0 Å². The molecule has 0 saturated carbocycles. The molecule has 92 valence electrons. The van der Waals surface area contributed by atoms with Gasteiger partial charge in [-0.25, -0.2) is 0 Å². The number of nitrogens with one attached hydrogen (secondary N) is 1. The molecule has 0 fully saturated rings. The third-order valence-corrected chi connectivity index (χ3v) is 3.39. The topological polar surface area (TPSA) is 25.0 Å². The Bertz CT molecular complexity index is 552. The molecular weight excluding hydrogens is 275 g/mol. The van der Waals surface area contributed by atoms with Gasteiger partial charge in [0.05, 0.1) is 12.0 Å². The van der Waals surface area contributed by atoms with Crippen LogP contribution in [0.5, 0.6) is 5.75 Å². The van der Waals surface area contributed by atoms with Gasteiger partial charge in [-0.3, -0.25) is 0 Å². The van der Waals surface area contributed by atoms with Gasteiger partial charge in [-0.05, 0) is 30.0 Å². The van der Waals surface area contributed by atoms with Crippen LogP contribution in [-0.4, -0.2) is 17.6 Å². The third kappa shape index (κ3) is 2.63. The van der Waals surface area contributed by atoms with Crippen LogP contribution in [-0.2, 0) is 0 Å². The van der Waals surface area contributed by atoms with E-state index >= 15 is 0 Å². The SMILES string of the molecule is COc1ccc2[nH]c(Cl)c(SC(F)(F)F)c2c1. The van der Waals surface area contributed by atoms with Crippen LogP contribution in [0.25, 0.3) is 10.9 Å². The lowest BCUT2D eigenvalue weighted by molar-refractivity contribution is -0.0327. The zero-order valence-corrected chi connectivity index (χ0v) is 10.1. The van der Waals surface area contributed by atoms with Crippen molar-refractivity contribution in [3.05, 3.63) is 23.4 Å². The van der Waals surface area contributed by atoms with Gasteiger partial charge in [0.25, 0.3) is 0 Å². The van der Waals surface area contributed by atoms with Gasteiger partial charge in [-0.2, -0.15) is 13.2 Å². The van der Waals surface area contributed by atoms with E-state index in [1.165, 1.54) is 13.2 Å². The number of alkyl halides is 3. The number of fused-ring (bicyclic) bond motifs is 1. The summed E-state index contributed by atoms with van der Waals surface area (Å²) >= 11 is 5.52. The van der Waals surface area contributed by atoms with Gasteiger partial charge in [0.2, 0.25) is 0 Å². The Morgan fingerprint density at radius 2 is 2.06 bits per heavy atom. The van der Waals surface area contributed by atoms with Gasteiger partial charge in [0, 0.05) is 10.9 Å². The first-order chi connectivity index (χ1) is 7.90. The molecule has 1 aromatic heterocycles. The fraction of sp³-hybridized carbons (Fsp3) is 0.200. The average molecular weight is 282 g/mol. The van der Waals surface area contributed by atoms with Crippen molar-refractivity contribution in [2.75, 3.05) is 7.11 Å². The first-order valence-corrected chi connectivity index (χ1v) is 5.71. The summed E-state index contributed by atoms with van der Waals surface area (Å²) in [6.45, 7) is 0. The molecule has 0 aliphatic rings. The number of benzene rings is 1. The largest absolute Gasteiger partial charge is 0.497 e. The monoisotopic (exact) mass is 281 g/mol. The quantitative estimate of drug-likeness (QED) is 0.823. The number of H-pyrrole nitrogens is 1. The molecule has 1 heterocycles. The highest BCUT2D eigenvalue weighted by atomic mass is 35.5. The van der Waals surface area contributed by atoms with Crippen molar-refractivity contribution in [2.45, 2.75) is 10.4 Å². The zero-order valence-electron chi connectivity index (χ0n) is 8.56. The van der Waals surface area contributed by atoms with E-state index in [1.54, 1.807) is 12.1 Å². The minimum atomic E-state index is -4.37. The predicted molar refractivity (Wildman–Crippen MR) is 61.8 cm³/mol. The number of methoxy groups -OCH3 is 1. The Balaban J connectivity index is 2.56. The Hall–Kier alpha value is -1.01. The summed E-state index contributed by atoms with van der Waals surface area (Å²) in [5.74, 6) is 0.484. The number of hydrogen-bond acceptors (Lipinski definition) is 2. The molecule has 2 rings (SSSR count). The van der Waals surface area contributed by atoms with Gasteiger partial charge in [0.15, 0.2) is 0 Å². The average Bonchev–Trinajstić information content (AvgIpc) is 2.53. The molecule has 0 atom stereocenters. The van der Waals surface area contributed by atoms with Gasteiger partial charge in [0.1, 0.15) is 10.9 Å². The minimum Gasteiger partial charge on any atom is -0.497 e. The summed E-state index contributed by atoms with van der Waals surface area (Å²) < 4.78 is 42.1. The molecule has 1 aromatic carbocycles. The number of thioether (sulfide) groups is 1. The Morgan fingerprint density at radius 3 is 2.65 bits per heavy atom. The first-order valence-electron chi connectivity index (χ1n) is 4.51. The van der Waals surface area contributed by atoms with Crippen LogP contribution in [0.2, 0.25) is 5.15 Å². The van der Waals surface area contributed by atoms with E-state index in [9.17, 15) is 13.2 Å².